The number of ether oxygens (including phenoxy) is 2. The first-order chi connectivity index (χ1) is 18.4. The van der Waals surface area contributed by atoms with Crippen LogP contribution in [-0.2, 0) is 25.7 Å². The van der Waals surface area contributed by atoms with E-state index in [1.165, 1.54) is 26.5 Å². The van der Waals surface area contributed by atoms with Crippen molar-refractivity contribution >= 4 is 29.5 Å². The third-order valence-corrected chi connectivity index (χ3v) is 4.90. The van der Waals surface area contributed by atoms with Gasteiger partial charge in [0, 0.05) is 12.1 Å². The van der Waals surface area contributed by atoms with Gasteiger partial charge in [0.15, 0.2) is 11.4 Å². The number of benzene rings is 1. The van der Waals surface area contributed by atoms with E-state index in [0.29, 0.717) is 28.6 Å². The van der Waals surface area contributed by atoms with E-state index in [9.17, 15) is 24.0 Å². The van der Waals surface area contributed by atoms with Crippen LogP contribution in [0.4, 0.5) is 5.69 Å². The zero-order chi connectivity index (χ0) is 29.2. The van der Waals surface area contributed by atoms with Gasteiger partial charge in [0.05, 0.1) is 39.0 Å². The highest BCUT2D eigenvalue weighted by Crippen LogP contribution is 2.29. The summed E-state index contributed by atoms with van der Waals surface area (Å²) in [5.41, 5.74) is -2.20. The average Bonchev–Trinajstić information content (AvgIpc) is 3.40. The summed E-state index contributed by atoms with van der Waals surface area (Å²) in [7, 11) is 3.03. The Morgan fingerprint density at radius 3 is 2.18 bits per heavy atom. The van der Waals surface area contributed by atoms with Gasteiger partial charge in [0.2, 0.25) is 5.91 Å². The Balaban J connectivity index is 0.000000349. The number of carboxylic acid groups (broad SMARTS) is 3. The number of anilines is 1. The van der Waals surface area contributed by atoms with Gasteiger partial charge < -0.3 is 39.6 Å². The fourth-order valence-electron chi connectivity index (χ4n) is 3.06. The summed E-state index contributed by atoms with van der Waals surface area (Å²) in [6.45, 7) is -0.247. The molecule has 15 nitrogen and oxygen atoms in total. The van der Waals surface area contributed by atoms with Crippen molar-refractivity contribution in [1.82, 2.24) is 9.78 Å². The van der Waals surface area contributed by atoms with Crippen molar-refractivity contribution in [3.8, 4) is 23.0 Å². The van der Waals surface area contributed by atoms with E-state index in [2.05, 4.69) is 10.4 Å². The van der Waals surface area contributed by atoms with Crippen LogP contribution in [0.1, 0.15) is 12.8 Å². The molecule has 0 spiro atoms. The lowest BCUT2D eigenvalue weighted by molar-refractivity contribution is -0.170. The molecule has 0 aliphatic carbocycles. The minimum Gasteiger partial charge on any atom is -0.497 e. The van der Waals surface area contributed by atoms with E-state index in [-0.39, 0.29) is 6.54 Å². The predicted octanol–water partition coefficient (Wildman–Crippen LogP) is 0.911. The highest BCUT2D eigenvalue weighted by Gasteiger charge is 2.40. The second kappa shape index (κ2) is 13.4. The summed E-state index contributed by atoms with van der Waals surface area (Å²) in [5.74, 6) is -3.88. The number of aliphatic hydroxyl groups is 1. The predicted molar refractivity (Wildman–Crippen MR) is 131 cm³/mol. The van der Waals surface area contributed by atoms with Crippen molar-refractivity contribution in [3.63, 3.8) is 0 Å². The molecule has 0 radical (unpaired) electrons. The average molecular weight is 547 g/mol. The second-order valence-corrected chi connectivity index (χ2v) is 7.78. The smallest absolute Gasteiger partial charge is 0.336 e. The molecular formula is C24H25N3O12. The molecule has 3 aromatic rings. The fourth-order valence-corrected chi connectivity index (χ4v) is 3.06. The number of furan rings is 1. The third-order valence-electron chi connectivity index (χ3n) is 4.90. The summed E-state index contributed by atoms with van der Waals surface area (Å²) in [6, 6.07) is 11.3. The van der Waals surface area contributed by atoms with Gasteiger partial charge in [0.25, 0.3) is 5.56 Å². The molecule has 0 fully saturated rings. The maximum Gasteiger partial charge on any atom is 0.336 e. The summed E-state index contributed by atoms with van der Waals surface area (Å²) in [6.07, 6.45) is -0.779. The van der Waals surface area contributed by atoms with E-state index in [4.69, 9.17) is 34.3 Å². The second-order valence-electron chi connectivity index (χ2n) is 7.78. The van der Waals surface area contributed by atoms with Crippen LogP contribution in [0.3, 0.4) is 0 Å². The van der Waals surface area contributed by atoms with Crippen LogP contribution >= 0.6 is 0 Å². The lowest BCUT2D eigenvalue weighted by atomic mass is 9.96. The number of aliphatic carboxylic acids is 3. The van der Waals surface area contributed by atoms with Gasteiger partial charge in [-0.15, -0.1) is 0 Å². The van der Waals surface area contributed by atoms with E-state index >= 15 is 0 Å². The summed E-state index contributed by atoms with van der Waals surface area (Å²) in [4.78, 5) is 54.8. The first-order valence-corrected chi connectivity index (χ1v) is 10.9. The van der Waals surface area contributed by atoms with Crippen LogP contribution in [0.15, 0.2) is 57.9 Å². The van der Waals surface area contributed by atoms with Crippen molar-refractivity contribution in [1.29, 1.82) is 0 Å². The number of methoxy groups -OCH3 is 2. The normalized spacial score (nSPS) is 10.5. The number of nitrogens with zero attached hydrogens (tertiary/aromatic N) is 2. The molecule has 0 unspecified atom stereocenters. The minimum atomic E-state index is -2.74. The van der Waals surface area contributed by atoms with Gasteiger partial charge >= 0.3 is 17.9 Å². The maximum atomic E-state index is 12.3. The minimum absolute atomic E-state index is 0.247. The number of nitrogens with one attached hydrogen (secondary N) is 1. The Hall–Kier alpha value is -5.18. The van der Waals surface area contributed by atoms with Gasteiger partial charge in [0.1, 0.15) is 23.7 Å². The van der Waals surface area contributed by atoms with Gasteiger partial charge in [-0.2, -0.15) is 5.10 Å². The zero-order valence-electron chi connectivity index (χ0n) is 20.7. The van der Waals surface area contributed by atoms with E-state index < -0.39 is 47.8 Å². The SMILES string of the molecule is COc1ccc(NC(=O)Cn2nc(-c3ccco3)ccc2=O)c(OC)c1.O=C(O)CC(O)(CC(=O)O)C(=O)O. The Kier molecular flexibility index (Phi) is 10.3. The van der Waals surface area contributed by atoms with Crippen molar-refractivity contribution in [3.05, 3.63) is 59.1 Å². The molecule has 0 saturated carbocycles. The van der Waals surface area contributed by atoms with Crippen LogP contribution in [0.5, 0.6) is 11.5 Å². The lowest BCUT2D eigenvalue weighted by Gasteiger charge is -2.18. The number of carboxylic acids is 3. The van der Waals surface area contributed by atoms with Gasteiger partial charge in [-0.1, -0.05) is 0 Å². The van der Waals surface area contributed by atoms with Crippen LogP contribution in [0, 0.1) is 0 Å². The summed E-state index contributed by atoms with van der Waals surface area (Å²) >= 11 is 0. The lowest BCUT2D eigenvalue weighted by Crippen LogP contribution is -2.42. The molecule has 2 aromatic heterocycles. The van der Waals surface area contributed by atoms with Crippen molar-refractivity contribution in [2.75, 3.05) is 19.5 Å². The van der Waals surface area contributed by atoms with E-state index in [1.54, 1.807) is 36.4 Å². The molecule has 5 N–H and O–H groups in total. The Labute approximate surface area is 219 Å². The third kappa shape index (κ3) is 8.71. The first kappa shape index (κ1) is 30.0. The molecule has 0 aliphatic heterocycles. The van der Waals surface area contributed by atoms with Crippen molar-refractivity contribution in [2.45, 2.75) is 25.0 Å². The molecule has 0 bridgehead atoms. The van der Waals surface area contributed by atoms with Crippen molar-refractivity contribution in [2.24, 2.45) is 0 Å². The van der Waals surface area contributed by atoms with Crippen LogP contribution < -0.4 is 20.3 Å². The monoisotopic (exact) mass is 547 g/mol. The number of hydrogen-bond donors (Lipinski definition) is 5. The summed E-state index contributed by atoms with van der Waals surface area (Å²) in [5, 5.41) is 40.7. The first-order valence-electron chi connectivity index (χ1n) is 10.9. The number of hydrogen-bond acceptors (Lipinski definition) is 10. The van der Waals surface area contributed by atoms with Crippen LogP contribution in [0.25, 0.3) is 11.5 Å². The molecule has 39 heavy (non-hydrogen) atoms. The summed E-state index contributed by atoms with van der Waals surface area (Å²) < 4.78 is 16.7. The van der Waals surface area contributed by atoms with Crippen molar-refractivity contribution < 1.29 is 53.5 Å². The highest BCUT2D eigenvalue weighted by molar-refractivity contribution is 5.92. The van der Waals surface area contributed by atoms with Gasteiger partial charge in [-0.3, -0.25) is 19.2 Å². The molecule has 2 heterocycles. The largest absolute Gasteiger partial charge is 0.497 e. The van der Waals surface area contributed by atoms with Gasteiger partial charge in [-0.05, 0) is 30.3 Å². The number of amides is 1. The Morgan fingerprint density at radius 2 is 1.67 bits per heavy atom. The van der Waals surface area contributed by atoms with Crippen LogP contribution in [-0.4, -0.2) is 73.8 Å². The molecule has 15 heteroatoms. The standard InChI is InChI=1S/C18H17N3O5.C6H8O7/c1-24-12-5-6-13(16(10-12)25-2)19-17(22)11-21-18(23)8-7-14(20-21)15-4-3-9-26-15;7-3(8)1-6(13,5(11)12)2-4(9)10/h3-10H,11H2,1-2H3,(H,19,22);13H,1-2H2,(H,7,8)(H,9,10)(H,11,12). The number of aromatic nitrogens is 2. The molecule has 0 atom stereocenters. The molecule has 3 rings (SSSR count). The zero-order valence-corrected chi connectivity index (χ0v) is 20.7. The Bertz CT molecular complexity index is 1370. The topological polar surface area (TPSA) is 228 Å². The number of rotatable bonds is 11. The molecule has 208 valence electrons. The van der Waals surface area contributed by atoms with Gasteiger partial charge in [-0.25, -0.2) is 9.48 Å². The van der Waals surface area contributed by atoms with Crippen LogP contribution in [0.2, 0.25) is 0 Å². The Morgan fingerprint density at radius 1 is 1.00 bits per heavy atom. The molecular weight excluding hydrogens is 522 g/mol. The molecule has 0 saturated heterocycles. The molecule has 1 amide bonds. The maximum absolute atomic E-state index is 12.3. The van der Waals surface area contributed by atoms with E-state index in [0.717, 1.165) is 4.68 Å². The number of carbonyl (C=O) groups excluding carboxylic acids is 1. The van der Waals surface area contributed by atoms with E-state index in [1.807, 2.05) is 0 Å². The highest BCUT2D eigenvalue weighted by atomic mass is 16.5. The quantitative estimate of drug-likeness (QED) is 0.225. The number of carbonyl (C=O) groups is 4. The molecule has 1 aromatic carbocycles. The molecule has 0 aliphatic rings. The fraction of sp³-hybridized carbons (Fsp3) is 0.250.